The predicted molar refractivity (Wildman–Crippen MR) is 109 cm³/mol. The molecule has 2 aromatic carbocycles. The summed E-state index contributed by atoms with van der Waals surface area (Å²) in [5.41, 5.74) is 0.851. The van der Waals surface area contributed by atoms with Crippen LogP contribution in [0.5, 0.6) is 17.2 Å². The van der Waals surface area contributed by atoms with E-state index in [0.717, 1.165) is 29.0 Å². The van der Waals surface area contributed by atoms with Crippen molar-refractivity contribution in [3.05, 3.63) is 52.1 Å². The molecule has 1 aromatic heterocycles. The van der Waals surface area contributed by atoms with Crippen LogP contribution in [0.1, 0.15) is 37.3 Å². The summed E-state index contributed by atoms with van der Waals surface area (Å²) in [7, 11) is 0. The van der Waals surface area contributed by atoms with Gasteiger partial charge >= 0.3 is 12.1 Å². The monoisotopic (exact) mass is 485 g/mol. The molecule has 0 radical (unpaired) electrons. The van der Waals surface area contributed by atoms with E-state index in [9.17, 15) is 18.0 Å². The molecule has 0 aliphatic carbocycles. The van der Waals surface area contributed by atoms with Crippen LogP contribution in [0.15, 0.2) is 41.0 Å². The number of aromatic amines is 1. The first kappa shape index (κ1) is 22.0. The van der Waals surface area contributed by atoms with Gasteiger partial charge in [-0.15, -0.1) is 0 Å². The first-order valence-electron chi connectivity index (χ1n) is 9.14. The van der Waals surface area contributed by atoms with Gasteiger partial charge in [-0.3, -0.25) is 0 Å². The smallest absolute Gasteiger partial charge is 0.420 e. The number of alkyl halides is 3. The summed E-state index contributed by atoms with van der Waals surface area (Å²) in [6.45, 7) is 3.38. The van der Waals surface area contributed by atoms with E-state index in [1.54, 1.807) is 18.2 Å². The zero-order valence-corrected chi connectivity index (χ0v) is 17.7. The maximum absolute atomic E-state index is 13.7. The third-order valence-corrected chi connectivity index (χ3v) is 5.32. The van der Waals surface area contributed by atoms with Gasteiger partial charge in [0.1, 0.15) is 17.1 Å². The molecular weight excluding hydrogens is 467 g/mol. The summed E-state index contributed by atoms with van der Waals surface area (Å²) in [6, 6.07) is 7.01. The number of aromatic nitrogens is 1. The van der Waals surface area contributed by atoms with Gasteiger partial charge in [-0.25, -0.2) is 4.79 Å². The van der Waals surface area contributed by atoms with Crippen molar-refractivity contribution in [2.75, 3.05) is 6.61 Å². The van der Waals surface area contributed by atoms with Crippen LogP contribution in [0.2, 0.25) is 0 Å². The first-order chi connectivity index (χ1) is 14.1. The molecule has 3 rings (SSSR count). The van der Waals surface area contributed by atoms with E-state index in [-0.39, 0.29) is 21.9 Å². The average molecular weight is 486 g/mol. The van der Waals surface area contributed by atoms with Crippen LogP contribution in [0, 0.1) is 0 Å². The van der Waals surface area contributed by atoms with E-state index in [1.165, 1.54) is 6.07 Å². The van der Waals surface area contributed by atoms with Crippen LogP contribution >= 0.6 is 15.9 Å². The van der Waals surface area contributed by atoms with Crippen molar-refractivity contribution in [1.82, 2.24) is 4.98 Å². The highest BCUT2D eigenvalue weighted by molar-refractivity contribution is 9.10. The number of H-pyrrole nitrogens is 1. The number of halogens is 4. The predicted octanol–water partition coefficient (Wildman–Crippen LogP) is 6.72. The van der Waals surface area contributed by atoms with Crippen LogP contribution in [0.4, 0.5) is 13.2 Å². The minimum atomic E-state index is -4.74. The Morgan fingerprint density at radius 2 is 1.97 bits per heavy atom. The highest BCUT2D eigenvalue weighted by Crippen LogP contribution is 2.45. The lowest BCUT2D eigenvalue weighted by atomic mass is 9.98. The Morgan fingerprint density at radius 1 is 1.23 bits per heavy atom. The number of hydrogen-bond donors (Lipinski definition) is 2. The van der Waals surface area contributed by atoms with E-state index >= 15 is 0 Å². The van der Waals surface area contributed by atoms with Crippen molar-refractivity contribution >= 4 is 32.8 Å². The molecule has 0 aliphatic rings. The lowest BCUT2D eigenvalue weighted by Gasteiger charge is -2.17. The van der Waals surface area contributed by atoms with Gasteiger partial charge in [-0.1, -0.05) is 13.8 Å². The second-order valence-electron chi connectivity index (χ2n) is 6.82. The Kier molecular flexibility index (Phi) is 6.30. The molecule has 1 heterocycles. The standard InChI is InChI=1S/C21H19BrF3NO4/c1-3-11(2)15-9-26-18-5-4-12(6-14(15)18)30-20-16(21(23,24)25)7-13(8-17(20)22)29-10-19(27)28/h4-9,11,26H,3,10H2,1-2H3,(H,27,28). The number of carbonyl (C=O) groups is 1. The second-order valence-corrected chi connectivity index (χ2v) is 7.68. The molecule has 2 N–H and O–H groups in total. The molecule has 160 valence electrons. The maximum atomic E-state index is 13.7. The Hall–Kier alpha value is -2.68. The first-order valence-corrected chi connectivity index (χ1v) is 9.93. The average Bonchev–Trinajstić information content (AvgIpc) is 3.09. The lowest BCUT2D eigenvalue weighted by Crippen LogP contribution is -2.12. The molecule has 0 saturated carbocycles. The zero-order valence-electron chi connectivity index (χ0n) is 16.1. The van der Waals surface area contributed by atoms with Crippen LogP contribution in [-0.2, 0) is 11.0 Å². The van der Waals surface area contributed by atoms with Crippen molar-refractivity contribution in [2.45, 2.75) is 32.4 Å². The number of nitrogens with one attached hydrogen (secondary N) is 1. The summed E-state index contributed by atoms with van der Waals surface area (Å²) < 4.78 is 51.5. The van der Waals surface area contributed by atoms with Crippen LogP contribution in [0.3, 0.4) is 0 Å². The van der Waals surface area contributed by atoms with Crippen molar-refractivity contribution < 1.29 is 32.5 Å². The quantitative estimate of drug-likeness (QED) is 0.389. The summed E-state index contributed by atoms with van der Waals surface area (Å²) in [6.07, 6.45) is -1.92. The van der Waals surface area contributed by atoms with Gasteiger partial charge in [-0.2, -0.15) is 13.2 Å². The summed E-state index contributed by atoms with van der Waals surface area (Å²) in [5.74, 6) is -1.43. The van der Waals surface area contributed by atoms with Gasteiger partial charge in [0.15, 0.2) is 12.4 Å². The molecule has 0 fully saturated rings. The van der Waals surface area contributed by atoms with Gasteiger partial charge < -0.3 is 19.6 Å². The lowest BCUT2D eigenvalue weighted by molar-refractivity contribution is -0.139. The minimum Gasteiger partial charge on any atom is -0.482 e. The third kappa shape index (κ3) is 4.72. The second kappa shape index (κ2) is 8.59. The minimum absolute atomic E-state index is 0.00553. The molecule has 0 bridgehead atoms. The third-order valence-electron chi connectivity index (χ3n) is 4.73. The fourth-order valence-corrected chi connectivity index (χ4v) is 3.56. The van der Waals surface area contributed by atoms with Crippen LogP contribution < -0.4 is 9.47 Å². The molecule has 1 atom stereocenters. The fourth-order valence-electron chi connectivity index (χ4n) is 3.04. The van der Waals surface area contributed by atoms with Gasteiger partial charge in [0.05, 0.1) is 4.47 Å². The van der Waals surface area contributed by atoms with E-state index in [0.29, 0.717) is 0 Å². The Labute approximate surface area is 178 Å². The number of benzene rings is 2. The Balaban J connectivity index is 2.02. The number of hydrogen-bond acceptors (Lipinski definition) is 3. The van der Waals surface area contributed by atoms with Crippen LogP contribution in [0.25, 0.3) is 10.9 Å². The number of carboxylic acid groups (broad SMARTS) is 1. The maximum Gasteiger partial charge on any atom is 0.420 e. The van der Waals surface area contributed by atoms with E-state index in [4.69, 9.17) is 14.6 Å². The number of fused-ring (bicyclic) bond motifs is 1. The van der Waals surface area contributed by atoms with Crippen molar-refractivity contribution in [3.8, 4) is 17.2 Å². The number of carboxylic acids is 1. The molecule has 5 nitrogen and oxygen atoms in total. The largest absolute Gasteiger partial charge is 0.482 e. The molecule has 30 heavy (non-hydrogen) atoms. The normalized spacial score (nSPS) is 12.7. The van der Waals surface area contributed by atoms with Crippen molar-refractivity contribution in [2.24, 2.45) is 0 Å². The number of ether oxygens (including phenoxy) is 2. The highest BCUT2D eigenvalue weighted by atomic mass is 79.9. The summed E-state index contributed by atoms with van der Waals surface area (Å²) in [4.78, 5) is 13.8. The molecule has 0 aliphatic heterocycles. The molecule has 0 saturated heterocycles. The van der Waals surface area contributed by atoms with Crippen LogP contribution in [-0.4, -0.2) is 22.7 Å². The van der Waals surface area contributed by atoms with E-state index in [2.05, 4.69) is 34.8 Å². The van der Waals surface area contributed by atoms with Gasteiger partial charge in [0.25, 0.3) is 0 Å². The number of rotatable bonds is 7. The molecule has 9 heteroatoms. The van der Waals surface area contributed by atoms with Gasteiger partial charge in [0.2, 0.25) is 0 Å². The number of aliphatic carboxylic acids is 1. The Bertz CT molecular complexity index is 1080. The van der Waals surface area contributed by atoms with Crippen molar-refractivity contribution in [3.63, 3.8) is 0 Å². The van der Waals surface area contributed by atoms with Crippen molar-refractivity contribution in [1.29, 1.82) is 0 Å². The molecule has 0 amide bonds. The molecule has 0 spiro atoms. The van der Waals surface area contributed by atoms with E-state index in [1.807, 2.05) is 6.20 Å². The van der Waals surface area contributed by atoms with Gasteiger partial charge in [0, 0.05) is 17.1 Å². The molecular formula is C21H19BrF3NO4. The molecule has 1 unspecified atom stereocenters. The van der Waals surface area contributed by atoms with E-state index < -0.39 is 30.1 Å². The fraction of sp³-hybridized carbons (Fsp3) is 0.286. The summed E-state index contributed by atoms with van der Waals surface area (Å²) in [5, 5.41) is 9.57. The summed E-state index contributed by atoms with van der Waals surface area (Å²) >= 11 is 3.09. The Morgan fingerprint density at radius 3 is 2.60 bits per heavy atom. The highest BCUT2D eigenvalue weighted by Gasteiger charge is 2.36. The van der Waals surface area contributed by atoms with Gasteiger partial charge in [-0.05, 0) is 64.2 Å². The topological polar surface area (TPSA) is 71.5 Å². The zero-order chi connectivity index (χ0) is 22.1. The SMILES string of the molecule is CCC(C)c1c[nH]c2ccc(Oc3c(Br)cc(OCC(=O)O)cc3C(F)(F)F)cc12. The molecule has 3 aromatic rings.